The summed E-state index contributed by atoms with van der Waals surface area (Å²) in [6.07, 6.45) is 0. The number of rotatable bonds is 3. The average molecular weight is 419 g/mol. The van der Waals surface area contributed by atoms with Crippen LogP contribution >= 0.6 is 0 Å². The second-order valence-electron chi connectivity index (χ2n) is 12.2. The van der Waals surface area contributed by atoms with Gasteiger partial charge >= 0.3 is 197 Å². The summed E-state index contributed by atoms with van der Waals surface area (Å²) in [5.74, 6) is 2.70. The van der Waals surface area contributed by atoms with Gasteiger partial charge in [0.1, 0.15) is 0 Å². The first kappa shape index (κ1) is 24.2. The molecule has 3 rings (SSSR count). The zero-order valence-electron chi connectivity index (χ0n) is 21.9. The number of nitrogens with zero attached hydrogens (tertiary/aromatic N) is 1. The van der Waals surface area contributed by atoms with Gasteiger partial charge in [-0.3, -0.25) is 0 Å². The molecule has 0 fully saturated rings. The zero-order valence-corrected chi connectivity index (χ0v) is 22.9. The van der Waals surface area contributed by atoms with Gasteiger partial charge in [-0.25, -0.2) is 0 Å². The molecular formula is C26H43LiN2Si. The third-order valence-corrected chi connectivity index (χ3v) is 11.8. The second-order valence-corrected chi connectivity index (χ2v) is 16.5. The summed E-state index contributed by atoms with van der Waals surface area (Å²) in [7, 11) is 2.68. The van der Waals surface area contributed by atoms with Crippen molar-refractivity contribution in [2.45, 2.75) is 91.4 Å². The summed E-state index contributed by atoms with van der Waals surface area (Å²) in [5, 5.41) is 0. The fraction of sp³-hybridized carbons (Fsp3) is 0.692. The van der Waals surface area contributed by atoms with E-state index in [2.05, 4.69) is 116 Å². The molecule has 0 aromatic heterocycles. The van der Waals surface area contributed by atoms with E-state index in [0.717, 1.165) is 11.8 Å². The minimum absolute atomic E-state index is 0.131. The summed E-state index contributed by atoms with van der Waals surface area (Å²) in [6, 6.07) is 2.64. The van der Waals surface area contributed by atoms with E-state index < -0.39 is 8.24 Å². The molecule has 4 heteroatoms. The predicted molar refractivity (Wildman–Crippen MR) is 136 cm³/mol. The molecule has 1 aromatic rings. The predicted octanol–water partition coefficient (Wildman–Crippen LogP) is 5.50. The molecule has 0 radical (unpaired) electrons. The molecule has 1 N–H and O–H groups in total. The van der Waals surface area contributed by atoms with Crippen LogP contribution in [0.25, 0.3) is 5.70 Å². The second kappa shape index (κ2) is 7.84. The standard InChI is InChI=1S/C26H43N2Si.Li/c1-15-16(2)18(4)21-14-23-22(13-20(21)17(15)3)24(28(9)10)19(5)25(23)29(11,12)27-26(6,7)8;/h14-18,25,27H,1-12H3;. The number of hydrogen-bond donors (Lipinski definition) is 1. The van der Waals surface area contributed by atoms with Crippen molar-refractivity contribution in [3.05, 3.63) is 33.9 Å². The zero-order chi connectivity index (χ0) is 22.9. The first-order valence-corrected chi connectivity index (χ1v) is 15.0. The Kier molecular flexibility index (Phi) is 6.32. The molecule has 5 unspecified atom stereocenters. The van der Waals surface area contributed by atoms with Gasteiger partial charge < -0.3 is 0 Å². The van der Waals surface area contributed by atoms with Crippen molar-refractivity contribution >= 4 is 35.9 Å². The van der Waals surface area contributed by atoms with Crippen molar-refractivity contribution in [3.63, 3.8) is 0 Å². The quantitative estimate of drug-likeness (QED) is 0.653. The molecule has 162 valence electrons. The van der Waals surface area contributed by atoms with Crippen molar-refractivity contribution in [1.29, 1.82) is 0 Å². The van der Waals surface area contributed by atoms with E-state index >= 15 is 0 Å². The van der Waals surface area contributed by atoms with E-state index in [0.29, 0.717) is 17.4 Å². The Morgan fingerprint density at radius 1 is 0.967 bits per heavy atom. The minimum atomic E-state index is -1.78. The molecule has 30 heavy (non-hydrogen) atoms. The Morgan fingerprint density at radius 2 is 1.50 bits per heavy atom. The molecule has 0 aliphatic heterocycles. The van der Waals surface area contributed by atoms with Gasteiger partial charge in [-0.05, 0) is 0 Å². The third-order valence-electron chi connectivity index (χ3n) is 8.26. The topological polar surface area (TPSA) is 15.3 Å². The molecular weight excluding hydrogens is 375 g/mol. The molecule has 0 heterocycles. The Bertz CT molecular complexity index is 878. The SMILES string of the molecule is [Li][c]1c2c(cc3c1C(C)C(C)C(C)C3C)C([Si](C)(C)NC(C)(C)C)C(C)=C2N(C)C. The molecule has 0 saturated heterocycles. The van der Waals surface area contributed by atoms with Gasteiger partial charge in [-0.15, -0.1) is 0 Å². The summed E-state index contributed by atoms with van der Waals surface area (Å²) in [5.41, 5.74) is 10.1. The van der Waals surface area contributed by atoms with Crippen LogP contribution in [0.5, 0.6) is 0 Å². The Labute approximate surface area is 196 Å². The number of allylic oxidation sites excluding steroid dienone is 1. The van der Waals surface area contributed by atoms with Crippen LogP contribution in [0.3, 0.4) is 0 Å². The van der Waals surface area contributed by atoms with Gasteiger partial charge in [0.05, 0.1) is 0 Å². The summed E-state index contributed by atoms with van der Waals surface area (Å²) in [4.78, 5) is 6.46. The van der Waals surface area contributed by atoms with Crippen LogP contribution in [-0.2, 0) is 0 Å². The maximum absolute atomic E-state index is 4.09. The van der Waals surface area contributed by atoms with Gasteiger partial charge in [0.25, 0.3) is 0 Å². The first-order chi connectivity index (χ1) is 13.6. The molecule has 0 spiro atoms. The summed E-state index contributed by atoms with van der Waals surface area (Å²) in [6.45, 7) is 24.2. The molecule has 2 aliphatic carbocycles. The van der Waals surface area contributed by atoms with E-state index in [4.69, 9.17) is 0 Å². The van der Waals surface area contributed by atoms with Crippen molar-refractivity contribution in [1.82, 2.24) is 9.88 Å². The fourth-order valence-electron chi connectivity index (χ4n) is 6.98. The van der Waals surface area contributed by atoms with Crippen molar-refractivity contribution in [2.75, 3.05) is 14.1 Å². The number of nitrogens with one attached hydrogen (secondary N) is 1. The fourth-order valence-corrected chi connectivity index (χ4v) is 11.3. The summed E-state index contributed by atoms with van der Waals surface area (Å²) >= 11 is 2.41. The van der Waals surface area contributed by atoms with E-state index in [1.807, 2.05) is 0 Å². The van der Waals surface area contributed by atoms with Crippen LogP contribution < -0.4 is 9.22 Å². The van der Waals surface area contributed by atoms with Gasteiger partial charge in [0.15, 0.2) is 0 Å². The molecule has 2 nitrogen and oxygen atoms in total. The molecule has 0 saturated carbocycles. The van der Waals surface area contributed by atoms with E-state index in [1.165, 1.54) is 5.70 Å². The van der Waals surface area contributed by atoms with Gasteiger partial charge in [0.2, 0.25) is 0 Å². The van der Waals surface area contributed by atoms with E-state index in [9.17, 15) is 0 Å². The van der Waals surface area contributed by atoms with Crippen molar-refractivity contribution in [3.8, 4) is 0 Å². The van der Waals surface area contributed by atoms with E-state index in [1.54, 1.807) is 32.1 Å². The van der Waals surface area contributed by atoms with Crippen LogP contribution in [0.15, 0.2) is 11.6 Å². The number of hydrogen-bond acceptors (Lipinski definition) is 2. The van der Waals surface area contributed by atoms with Crippen LogP contribution in [0.2, 0.25) is 13.1 Å². The Morgan fingerprint density at radius 3 is 2.00 bits per heavy atom. The average Bonchev–Trinajstić information content (AvgIpc) is 2.89. The van der Waals surface area contributed by atoms with Gasteiger partial charge in [0, 0.05) is 0 Å². The van der Waals surface area contributed by atoms with Gasteiger partial charge in [-0.1, -0.05) is 0 Å². The Balaban J connectivity index is 2.31. The summed E-state index contributed by atoms with van der Waals surface area (Å²) < 4.78 is 1.55. The Hall–Kier alpha value is -0.466. The number of fused-ring (bicyclic) bond motifs is 2. The first-order valence-electron chi connectivity index (χ1n) is 11.9. The molecule has 2 aliphatic rings. The van der Waals surface area contributed by atoms with Gasteiger partial charge in [-0.2, -0.15) is 0 Å². The maximum atomic E-state index is 4.09. The molecule has 0 bridgehead atoms. The van der Waals surface area contributed by atoms with Crippen molar-refractivity contribution in [2.24, 2.45) is 11.8 Å². The third kappa shape index (κ3) is 3.79. The normalized spacial score (nSPS) is 29.2. The number of benzene rings is 1. The van der Waals surface area contributed by atoms with Crippen LogP contribution in [0.4, 0.5) is 0 Å². The van der Waals surface area contributed by atoms with Crippen LogP contribution in [-0.4, -0.2) is 50.5 Å². The van der Waals surface area contributed by atoms with Crippen molar-refractivity contribution < 1.29 is 0 Å². The monoisotopic (exact) mass is 418 g/mol. The van der Waals surface area contributed by atoms with E-state index in [-0.39, 0.29) is 5.54 Å². The van der Waals surface area contributed by atoms with Crippen LogP contribution in [0.1, 0.15) is 95.0 Å². The molecule has 5 atom stereocenters. The van der Waals surface area contributed by atoms with Crippen LogP contribution in [0, 0.1) is 11.8 Å². The molecule has 1 aromatic carbocycles. The molecule has 0 amide bonds.